The summed E-state index contributed by atoms with van der Waals surface area (Å²) in [4.78, 5) is 29.7. The molecule has 0 aliphatic carbocycles. The van der Waals surface area contributed by atoms with Crippen LogP contribution < -0.4 is 24.4 Å². The third-order valence-corrected chi connectivity index (χ3v) is 6.04. The number of nitrogens with zero attached hydrogens (tertiary/aromatic N) is 4. The van der Waals surface area contributed by atoms with Crippen molar-refractivity contribution in [3.8, 4) is 17.2 Å². The lowest BCUT2D eigenvalue weighted by Gasteiger charge is -2.34. The maximum Gasteiger partial charge on any atom is 0.249 e. The van der Waals surface area contributed by atoms with Crippen LogP contribution in [0.4, 0.5) is 5.69 Å². The van der Waals surface area contributed by atoms with E-state index in [1.807, 2.05) is 45.0 Å². The quantitative estimate of drug-likeness (QED) is 0.346. The van der Waals surface area contributed by atoms with Crippen molar-refractivity contribution < 1.29 is 23.8 Å². The lowest BCUT2D eigenvalue weighted by atomic mass is 9.99. The summed E-state index contributed by atoms with van der Waals surface area (Å²) >= 11 is 0. The number of fused-ring (bicyclic) bond motifs is 1. The fourth-order valence-corrected chi connectivity index (χ4v) is 4.40. The number of carbonyl (C=O) groups is 2. The SMILES string of the molecule is COc1cccc(N(C(=O)Cn2nnc3ccccc32)[C@@H](C(=O)NC(C)(C)C)c2cccc(OC)c2OC)c1. The summed E-state index contributed by atoms with van der Waals surface area (Å²) in [7, 11) is 4.56. The minimum absolute atomic E-state index is 0.163. The van der Waals surface area contributed by atoms with E-state index < -0.39 is 23.4 Å². The van der Waals surface area contributed by atoms with Gasteiger partial charge >= 0.3 is 0 Å². The number of carbonyl (C=O) groups excluding carboxylic acids is 2. The predicted molar refractivity (Wildman–Crippen MR) is 148 cm³/mol. The van der Waals surface area contributed by atoms with Crippen LogP contribution >= 0.6 is 0 Å². The molecule has 0 aliphatic heterocycles. The summed E-state index contributed by atoms with van der Waals surface area (Å²) in [5, 5.41) is 11.4. The van der Waals surface area contributed by atoms with Crippen molar-refractivity contribution >= 4 is 28.5 Å². The van der Waals surface area contributed by atoms with Gasteiger partial charge in [-0.25, -0.2) is 4.68 Å². The van der Waals surface area contributed by atoms with Gasteiger partial charge in [0.25, 0.3) is 0 Å². The molecule has 0 saturated heterocycles. The molecule has 0 bridgehead atoms. The molecule has 0 spiro atoms. The monoisotopic (exact) mass is 531 g/mol. The first-order valence-electron chi connectivity index (χ1n) is 12.4. The molecule has 0 unspecified atom stereocenters. The smallest absolute Gasteiger partial charge is 0.249 e. The zero-order chi connectivity index (χ0) is 28.2. The predicted octanol–water partition coefficient (Wildman–Crippen LogP) is 4.15. The van der Waals surface area contributed by atoms with E-state index in [0.717, 1.165) is 0 Å². The third-order valence-electron chi connectivity index (χ3n) is 6.04. The molecule has 10 heteroatoms. The molecule has 2 amide bonds. The number of rotatable bonds is 9. The highest BCUT2D eigenvalue weighted by molar-refractivity contribution is 6.02. The van der Waals surface area contributed by atoms with Gasteiger partial charge in [0.2, 0.25) is 11.8 Å². The maximum atomic E-state index is 14.2. The second-order valence-electron chi connectivity index (χ2n) is 9.93. The maximum absolute atomic E-state index is 14.2. The second kappa shape index (κ2) is 11.4. The molecule has 3 aromatic carbocycles. The van der Waals surface area contributed by atoms with Gasteiger partial charge in [-0.05, 0) is 51.1 Å². The van der Waals surface area contributed by atoms with Crippen molar-refractivity contribution in [3.05, 3.63) is 72.3 Å². The summed E-state index contributed by atoms with van der Waals surface area (Å²) in [5.74, 6) is 0.528. The number of benzene rings is 3. The van der Waals surface area contributed by atoms with Crippen molar-refractivity contribution in [3.63, 3.8) is 0 Å². The number of hydrogen-bond acceptors (Lipinski definition) is 7. The Labute approximate surface area is 227 Å². The van der Waals surface area contributed by atoms with E-state index >= 15 is 0 Å². The number of methoxy groups -OCH3 is 3. The summed E-state index contributed by atoms with van der Waals surface area (Å²) in [6, 6.07) is 18.5. The number of aromatic nitrogens is 3. The minimum Gasteiger partial charge on any atom is -0.497 e. The van der Waals surface area contributed by atoms with E-state index in [2.05, 4.69) is 15.6 Å². The number of nitrogens with one attached hydrogen (secondary N) is 1. The minimum atomic E-state index is -1.12. The fraction of sp³-hybridized carbons (Fsp3) is 0.310. The van der Waals surface area contributed by atoms with Crippen LogP contribution in [-0.2, 0) is 16.1 Å². The van der Waals surface area contributed by atoms with E-state index in [0.29, 0.717) is 39.5 Å². The average molecular weight is 532 g/mol. The van der Waals surface area contributed by atoms with Crippen molar-refractivity contribution in [2.24, 2.45) is 0 Å². The van der Waals surface area contributed by atoms with Crippen LogP contribution in [0.2, 0.25) is 0 Å². The molecule has 10 nitrogen and oxygen atoms in total. The first kappa shape index (κ1) is 27.4. The van der Waals surface area contributed by atoms with Crippen LogP contribution in [0.25, 0.3) is 11.0 Å². The van der Waals surface area contributed by atoms with E-state index in [1.54, 1.807) is 49.6 Å². The van der Waals surface area contributed by atoms with Gasteiger partial charge in [0.05, 0.1) is 26.8 Å². The van der Waals surface area contributed by atoms with Crippen molar-refractivity contribution in [1.82, 2.24) is 20.3 Å². The number of para-hydroxylation sites is 2. The Morgan fingerprint density at radius 3 is 2.38 bits per heavy atom. The molecule has 1 heterocycles. The molecule has 1 N–H and O–H groups in total. The Morgan fingerprint density at radius 2 is 1.69 bits per heavy atom. The van der Waals surface area contributed by atoms with Crippen LogP contribution in [0.5, 0.6) is 17.2 Å². The van der Waals surface area contributed by atoms with E-state index in [4.69, 9.17) is 14.2 Å². The van der Waals surface area contributed by atoms with Gasteiger partial charge in [0.1, 0.15) is 23.9 Å². The summed E-state index contributed by atoms with van der Waals surface area (Å²) in [6.07, 6.45) is 0. The molecule has 204 valence electrons. The third kappa shape index (κ3) is 5.95. The molecule has 4 aromatic rings. The van der Waals surface area contributed by atoms with Gasteiger partial charge in [-0.2, -0.15) is 0 Å². The zero-order valence-electron chi connectivity index (χ0n) is 23.0. The Balaban J connectivity index is 1.91. The highest BCUT2D eigenvalue weighted by atomic mass is 16.5. The van der Waals surface area contributed by atoms with Crippen LogP contribution in [0, 0.1) is 0 Å². The van der Waals surface area contributed by atoms with Gasteiger partial charge in [0, 0.05) is 22.9 Å². The van der Waals surface area contributed by atoms with Crippen LogP contribution in [0.1, 0.15) is 32.4 Å². The van der Waals surface area contributed by atoms with Gasteiger partial charge in [-0.1, -0.05) is 35.5 Å². The Kier molecular flexibility index (Phi) is 8.04. The molecule has 1 atom stereocenters. The first-order valence-corrected chi connectivity index (χ1v) is 12.4. The molecule has 0 aliphatic rings. The normalized spacial score (nSPS) is 12.1. The number of hydrogen-bond donors (Lipinski definition) is 1. The Bertz CT molecular complexity index is 1480. The van der Waals surface area contributed by atoms with Crippen LogP contribution in [-0.4, -0.2) is 53.7 Å². The summed E-state index contributed by atoms with van der Waals surface area (Å²) < 4.78 is 18.2. The molecule has 39 heavy (non-hydrogen) atoms. The number of anilines is 1. The van der Waals surface area contributed by atoms with Crippen molar-refractivity contribution in [2.75, 3.05) is 26.2 Å². The fourth-order valence-electron chi connectivity index (χ4n) is 4.40. The van der Waals surface area contributed by atoms with Gasteiger partial charge in [-0.3, -0.25) is 14.5 Å². The van der Waals surface area contributed by atoms with E-state index in [-0.39, 0.29) is 6.54 Å². The molecular weight excluding hydrogens is 498 g/mol. The highest BCUT2D eigenvalue weighted by Crippen LogP contribution is 2.40. The first-order chi connectivity index (χ1) is 18.7. The van der Waals surface area contributed by atoms with Crippen molar-refractivity contribution in [1.29, 1.82) is 0 Å². The van der Waals surface area contributed by atoms with Gasteiger partial charge in [-0.15, -0.1) is 5.10 Å². The molecule has 0 saturated carbocycles. The zero-order valence-corrected chi connectivity index (χ0v) is 23.0. The Hall–Kier alpha value is -4.60. The number of ether oxygens (including phenoxy) is 3. The van der Waals surface area contributed by atoms with Crippen molar-refractivity contribution in [2.45, 2.75) is 38.9 Å². The van der Waals surface area contributed by atoms with Gasteiger partial charge < -0.3 is 19.5 Å². The van der Waals surface area contributed by atoms with E-state index in [9.17, 15) is 9.59 Å². The van der Waals surface area contributed by atoms with E-state index in [1.165, 1.54) is 23.8 Å². The second-order valence-corrected chi connectivity index (χ2v) is 9.93. The molecule has 1 aromatic heterocycles. The average Bonchev–Trinajstić information content (AvgIpc) is 3.32. The lowest BCUT2D eigenvalue weighted by molar-refractivity contribution is -0.128. The molecule has 0 radical (unpaired) electrons. The largest absolute Gasteiger partial charge is 0.497 e. The summed E-state index contributed by atoms with van der Waals surface area (Å²) in [5.41, 5.74) is 1.70. The molecule has 4 rings (SSSR count). The van der Waals surface area contributed by atoms with Crippen LogP contribution in [0.3, 0.4) is 0 Å². The highest BCUT2D eigenvalue weighted by Gasteiger charge is 2.37. The molecular formula is C29H33N5O5. The lowest BCUT2D eigenvalue weighted by Crippen LogP contribution is -2.50. The standard InChI is InChI=1S/C29H33N5O5/c1-29(2,3)30-28(36)26(21-13-10-16-24(38-5)27(21)39-6)34(19-11-9-12-20(17-19)37-4)25(35)18-33-23-15-8-7-14-22(23)31-32-33/h7-17,26H,18H2,1-6H3,(H,30,36)/t26-/m1/s1. The van der Waals surface area contributed by atoms with Gasteiger partial charge in [0.15, 0.2) is 11.5 Å². The number of amides is 2. The Morgan fingerprint density at radius 1 is 0.949 bits per heavy atom. The molecule has 0 fully saturated rings. The van der Waals surface area contributed by atoms with Crippen LogP contribution in [0.15, 0.2) is 66.7 Å². The summed E-state index contributed by atoms with van der Waals surface area (Å²) in [6.45, 7) is 5.47. The topological polar surface area (TPSA) is 108 Å².